The molecule has 2 bridgehead atoms. The number of thiazole rings is 1. The number of nitrogens with one attached hydrogen (secondary N) is 2. The highest BCUT2D eigenvalue weighted by Crippen LogP contribution is 2.42. The summed E-state index contributed by atoms with van der Waals surface area (Å²) in [6, 6.07) is 7.93. The van der Waals surface area contributed by atoms with E-state index in [0.717, 1.165) is 54.4 Å². The van der Waals surface area contributed by atoms with Crippen LogP contribution < -0.4 is 41.6 Å². The van der Waals surface area contributed by atoms with Crippen LogP contribution in [0.25, 0.3) is 22.8 Å². The van der Waals surface area contributed by atoms with Crippen molar-refractivity contribution < 1.29 is 9.13 Å². The Morgan fingerprint density at radius 1 is 1.30 bits per heavy atom. The van der Waals surface area contributed by atoms with Crippen molar-refractivity contribution in [1.82, 2.24) is 30.2 Å². The van der Waals surface area contributed by atoms with Crippen LogP contribution in [0.2, 0.25) is 5.02 Å². The Labute approximate surface area is 255 Å². The number of fused-ring (bicyclic) bond motifs is 2. The minimum atomic E-state index is -0.539. The van der Waals surface area contributed by atoms with Crippen LogP contribution in [0.3, 0.4) is 0 Å². The lowest BCUT2D eigenvalue weighted by molar-refractivity contribution is 0.227. The van der Waals surface area contributed by atoms with Gasteiger partial charge in [0.15, 0.2) is 10.9 Å². The van der Waals surface area contributed by atoms with E-state index in [-0.39, 0.29) is 28.0 Å². The third-order valence-electron chi connectivity index (χ3n) is 8.19. The quantitative estimate of drug-likeness (QED) is 0.285. The van der Waals surface area contributed by atoms with Crippen molar-refractivity contribution in [2.75, 3.05) is 36.9 Å². The molecule has 43 heavy (non-hydrogen) atoms. The first-order valence-corrected chi connectivity index (χ1v) is 15.4. The van der Waals surface area contributed by atoms with Crippen molar-refractivity contribution in [3.63, 3.8) is 0 Å². The lowest BCUT2D eigenvalue weighted by atomic mass is 10.1. The molecule has 1 aromatic carbocycles. The van der Waals surface area contributed by atoms with Gasteiger partial charge in [0, 0.05) is 55.4 Å². The maximum absolute atomic E-state index is 14.7. The second-order valence-electron chi connectivity index (χ2n) is 11.0. The van der Waals surface area contributed by atoms with Gasteiger partial charge in [-0.25, -0.2) is 14.2 Å². The summed E-state index contributed by atoms with van der Waals surface area (Å²) in [6.07, 6.45) is 6.70. The second-order valence-corrected chi connectivity index (χ2v) is 12.4. The fraction of sp³-hybridized carbons (Fsp3) is 0.333. The highest BCUT2D eigenvalue weighted by molar-refractivity contribution is 7.13. The highest BCUT2D eigenvalue weighted by atomic mass is 35.5. The molecular weight excluding hydrogens is 591 g/mol. The Bertz CT molecular complexity index is 1900. The van der Waals surface area contributed by atoms with Gasteiger partial charge in [-0.3, -0.25) is 9.55 Å². The number of piperazine rings is 1. The molecule has 0 aliphatic carbocycles. The van der Waals surface area contributed by atoms with Crippen LogP contribution in [0.4, 0.5) is 15.3 Å². The third-order valence-corrected chi connectivity index (χ3v) is 9.41. The summed E-state index contributed by atoms with van der Waals surface area (Å²) in [4.78, 5) is 29.4. The summed E-state index contributed by atoms with van der Waals surface area (Å²) in [5, 5.41) is 8.66. The maximum atomic E-state index is 14.7. The average molecular weight is 621 g/mol. The minimum Gasteiger partial charge on any atom is -0.488 e. The van der Waals surface area contributed by atoms with E-state index in [9.17, 15) is 9.18 Å². The Balaban J connectivity index is 1.39. The van der Waals surface area contributed by atoms with Gasteiger partial charge in [-0.2, -0.15) is 4.98 Å². The standard InChI is InChI=1S/C30H30ClFN8O2S/c1-2-23(32)27-24(37-29(33)43-27)10-20-22(31)9-21-25-26(20)42-15-19(12-34-11-16-5-3-4-8-35-16)40(25)30(41)38-28(21)39-13-17-6-7-18(14-39)36-17/h2-5,8-10,17-19,34,36H,1,6-7,11-15H2,(H2,33,37)/b24-10-,27-23-. The van der Waals surface area contributed by atoms with Crippen LogP contribution in [-0.2, 0) is 6.54 Å². The molecule has 0 amide bonds. The number of nitrogens with two attached hydrogens (primary N) is 1. The molecule has 0 saturated carbocycles. The number of rotatable bonds is 7. The molecule has 13 heteroatoms. The number of anilines is 2. The Morgan fingerprint density at radius 3 is 2.86 bits per heavy atom. The zero-order valence-electron chi connectivity index (χ0n) is 23.2. The largest absolute Gasteiger partial charge is 0.488 e. The fourth-order valence-electron chi connectivity index (χ4n) is 6.29. The van der Waals surface area contributed by atoms with Crippen molar-refractivity contribution in [3.05, 3.63) is 79.8 Å². The summed E-state index contributed by atoms with van der Waals surface area (Å²) in [6.45, 7) is 6.23. The number of benzene rings is 1. The number of hydrogen-bond acceptors (Lipinski definition) is 10. The molecule has 6 heterocycles. The molecule has 3 aliphatic rings. The Kier molecular flexibility index (Phi) is 7.38. The van der Waals surface area contributed by atoms with Crippen LogP contribution in [-0.4, -0.2) is 57.8 Å². The van der Waals surface area contributed by atoms with E-state index in [4.69, 9.17) is 22.1 Å². The van der Waals surface area contributed by atoms with Gasteiger partial charge in [0.1, 0.15) is 18.3 Å². The number of halogens is 2. The number of aromatic nitrogens is 4. The number of pyridine rings is 1. The smallest absolute Gasteiger partial charge is 0.350 e. The molecule has 4 aromatic rings. The van der Waals surface area contributed by atoms with Gasteiger partial charge in [0.2, 0.25) is 0 Å². The molecule has 2 fully saturated rings. The van der Waals surface area contributed by atoms with Gasteiger partial charge in [-0.1, -0.05) is 35.6 Å². The van der Waals surface area contributed by atoms with Gasteiger partial charge in [-0.05, 0) is 43.2 Å². The summed E-state index contributed by atoms with van der Waals surface area (Å²) in [5.41, 5.74) is 7.57. The molecule has 3 atom stereocenters. The number of nitrogen functional groups attached to an aromatic ring is 1. The van der Waals surface area contributed by atoms with Crippen molar-refractivity contribution in [2.24, 2.45) is 0 Å². The van der Waals surface area contributed by atoms with Gasteiger partial charge in [0.25, 0.3) is 0 Å². The van der Waals surface area contributed by atoms with E-state index < -0.39 is 5.83 Å². The van der Waals surface area contributed by atoms with Gasteiger partial charge < -0.3 is 26.0 Å². The Morgan fingerprint density at radius 2 is 2.12 bits per heavy atom. The van der Waals surface area contributed by atoms with Gasteiger partial charge >= 0.3 is 5.69 Å². The van der Waals surface area contributed by atoms with Crippen molar-refractivity contribution >= 4 is 56.7 Å². The molecule has 2 saturated heterocycles. The zero-order valence-corrected chi connectivity index (χ0v) is 24.8. The summed E-state index contributed by atoms with van der Waals surface area (Å²) >= 11 is 7.96. The van der Waals surface area contributed by atoms with E-state index in [1.165, 1.54) is 0 Å². The van der Waals surface area contributed by atoms with E-state index in [0.29, 0.717) is 58.2 Å². The number of allylic oxidation sites excluding steroid dienone is 1. The molecule has 4 N–H and O–H groups in total. The van der Waals surface area contributed by atoms with Crippen LogP contribution in [0, 0.1) is 0 Å². The predicted molar refractivity (Wildman–Crippen MR) is 168 cm³/mol. The topological polar surface area (TPSA) is 123 Å². The SMILES string of the molecule is C=C/C(F)=c1/sc(N)n/c1=C\c1c(Cl)cc2c(N3CC4CCC(C3)N4)nc(=O)n3c2c1OCC3CNCc1ccccn1. The monoisotopic (exact) mass is 620 g/mol. The second kappa shape index (κ2) is 11.3. The first-order chi connectivity index (χ1) is 20.9. The maximum Gasteiger partial charge on any atom is 0.350 e. The lowest BCUT2D eigenvalue weighted by Gasteiger charge is -2.36. The van der Waals surface area contributed by atoms with E-state index in [2.05, 4.69) is 37.1 Å². The van der Waals surface area contributed by atoms with Crippen LogP contribution in [0.15, 0.2) is 47.9 Å². The lowest BCUT2D eigenvalue weighted by Crippen LogP contribution is -2.52. The highest BCUT2D eigenvalue weighted by Gasteiger charge is 2.36. The normalized spacial score (nSPS) is 22.1. The molecule has 7 rings (SSSR count). The molecule has 3 aromatic heterocycles. The van der Waals surface area contributed by atoms with Crippen molar-refractivity contribution in [1.29, 1.82) is 0 Å². The van der Waals surface area contributed by atoms with Crippen LogP contribution >= 0.6 is 22.9 Å². The van der Waals surface area contributed by atoms with Crippen molar-refractivity contribution in [2.45, 2.75) is 37.5 Å². The molecule has 0 radical (unpaired) electrons. The molecule has 10 nitrogen and oxygen atoms in total. The van der Waals surface area contributed by atoms with Crippen LogP contribution in [0.5, 0.6) is 5.75 Å². The van der Waals surface area contributed by atoms with Crippen molar-refractivity contribution in [3.8, 4) is 5.75 Å². The first-order valence-electron chi connectivity index (χ1n) is 14.2. The number of hydrogen-bond donors (Lipinski definition) is 3. The average Bonchev–Trinajstić information content (AvgIpc) is 3.56. The van der Waals surface area contributed by atoms with Crippen LogP contribution in [0.1, 0.15) is 30.1 Å². The molecule has 3 unspecified atom stereocenters. The molecule has 0 spiro atoms. The van der Waals surface area contributed by atoms with Gasteiger partial charge in [0.05, 0.1) is 32.2 Å². The minimum absolute atomic E-state index is 0.205. The molecular formula is C30H30ClFN8O2S. The van der Waals surface area contributed by atoms with E-state index >= 15 is 0 Å². The first kappa shape index (κ1) is 28.0. The predicted octanol–water partition coefficient (Wildman–Crippen LogP) is 2.24. The van der Waals surface area contributed by atoms with E-state index in [1.807, 2.05) is 24.3 Å². The fourth-order valence-corrected chi connectivity index (χ4v) is 7.29. The molecule has 222 valence electrons. The summed E-state index contributed by atoms with van der Waals surface area (Å²) in [5.74, 6) is 0.487. The Hall–Kier alpha value is -3.84. The summed E-state index contributed by atoms with van der Waals surface area (Å²) < 4.78 is 23.0. The number of ether oxygens (including phenoxy) is 1. The van der Waals surface area contributed by atoms with Gasteiger partial charge in [-0.15, -0.1) is 0 Å². The van der Waals surface area contributed by atoms with E-state index in [1.54, 1.807) is 16.8 Å². The zero-order chi connectivity index (χ0) is 29.7. The summed E-state index contributed by atoms with van der Waals surface area (Å²) in [7, 11) is 0. The number of nitrogens with zero attached hydrogens (tertiary/aromatic N) is 5. The third kappa shape index (κ3) is 5.18. The molecule has 3 aliphatic heterocycles.